The third-order valence-electron chi connectivity index (χ3n) is 3.88. The second-order valence-corrected chi connectivity index (χ2v) is 4.96. The SMILES string of the molecule is C=CC12CCC(CC1OC(=O)C(=C)C)C2. The Morgan fingerprint density at radius 1 is 1.60 bits per heavy atom. The zero-order valence-corrected chi connectivity index (χ0v) is 9.29. The van der Waals surface area contributed by atoms with E-state index in [1.165, 1.54) is 6.42 Å². The van der Waals surface area contributed by atoms with Gasteiger partial charge in [0.1, 0.15) is 6.10 Å². The average molecular weight is 206 g/mol. The van der Waals surface area contributed by atoms with E-state index < -0.39 is 0 Å². The molecule has 0 N–H and O–H groups in total. The molecule has 2 bridgehead atoms. The van der Waals surface area contributed by atoms with Crippen LogP contribution in [0.25, 0.3) is 0 Å². The highest BCUT2D eigenvalue weighted by atomic mass is 16.5. The van der Waals surface area contributed by atoms with Gasteiger partial charge in [-0.25, -0.2) is 4.79 Å². The van der Waals surface area contributed by atoms with Crippen molar-refractivity contribution in [1.29, 1.82) is 0 Å². The van der Waals surface area contributed by atoms with Crippen LogP contribution >= 0.6 is 0 Å². The standard InChI is InChI=1S/C13H18O2/c1-4-13-6-5-10(8-13)7-11(13)15-12(14)9(2)3/h4,10-11H,1-2,5-8H2,3H3. The lowest BCUT2D eigenvalue weighted by atomic mass is 9.82. The first-order valence-electron chi connectivity index (χ1n) is 5.57. The van der Waals surface area contributed by atoms with E-state index in [0.717, 1.165) is 25.2 Å². The Balaban J connectivity index is 2.08. The van der Waals surface area contributed by atoms with Crippen LogP contribution in [0.5, 0.6) is 0 Å². The average Bonchev–Trinajstić information content (AvgIpc) is 2.75. The molecule has 0 amide bonds. The molecule has 2 aliphatic rings. The number of esters is 1. The van der Waals surface area contributed by atoms with Crippen molar-refractivity contribution >= 4 is 5.97 Å². The summed E-state index contributed by atoms with van der Waals surface area (Å²) in [7, 11) is 0. The zero-order chi connectivity index (χ0) is 11.1. The fraction of sp³-hybridized carbons (Fsp3) is 0.615. The van der Waals surface area contributed by atoms with Crippen LogP contribution in [0.15, 0.2) is 24.8 Å². The van der Waals surface area contributed by atoms with Crippen LogP contribution in [0.2, 0.25) is 0 Å². The first kappa shape index (κ1) is 10.5. The van der Waals surface area contributed by atoms with Crippen LogP contribution in [0.1, 0.15) is 32.6 Å². The molecule has 2 saturated carbocycles. The fourth-order valence-corrected chi connectivity index (χ4v) is 2.96. The Morgan fingerprint density at radius 3 is 2.87 bits per heavy atom. The summed E-state index contributed by atoms with van der Waals surface area (Å²) in [6.45, 7) is 9.20. The molecule has 2 fully saturated rings. The van der Waals surface area contributed by atoms with Crippen molar-refractivity contribution in [3.8, 4) is 0 Å². The number of hydrogen-bond acceptors (Lipinski definition) is 2. The number of rotatable bonds is 3. The number of carbonyl (C=O) groups excluding carboxylic acids is 1. The highest BCUT2D eigenvalue weighted by Gasteiger charge is 2.52. The van der Waals surface area contributed by atoms with E-state index in [2.05, 4.69) is 13.2 Å². The van der Waals surface area contributed by atoms with Crippen molar-refractivity contribution in [2.75, 3.05) is 0 Å². The lowest BCUT2D eigenvalue weighted by Crippen LogP contribution is -2.32. The van der Waals surface area contributed by atoms with Gasteiger partial charge in [-0.15, -0.1) is 6.58 Å². The Morgan fingerprint density at radius 2 is 2.33 bits per heavy atom. The van der Waals surface area contributed by atoms with Crippen molar-refractivity contribution in [3.05, 3.63) is 24.8 Å². The molecule has 0 aromatic carbocycles. The maximum absolute atomic E-state index is 11.5. The van der Waals surface area contributed by atoms with E-state index in [4.69, 9.17) is 4.74 Å². The van der Waals surface area contributed by atoms with Gasteiger partial charge in [0.15, 0.2) is 0 Å². The van der Waals surface area contributed by atoms with Gasteiger partial charge in [-0.3, -0.25) is 0 Å². The number of fused-ring (bicyclic) bond motifs is 2. The molecule has 3 unspecified atom stereocenters. The molecule has 0 heterocycles. The van der Waals surface area contributed by atoms with E-state index in [1.54, 1.807) is 6.92 Å². The van der Waals surface area contributed by atoms with E-state index >= 15 is 0 Å². The highest BCUT2D eigenvalue weighted by Crippen LogP contribution is 2.56. The Kier molecular flexibility index (Phi) is 2.45. The van der Waals surface area contributed by atoms with Gasteiger partial charge in [-0.1, -0.05) is 12.7 Å². The van der Waals surface area contributed by atoms with E-state index in [0.29, 0.717) is 5.57 Å². The Hall–Kier alpha value is -1.05. The van der Waals surface area contributed by atoms with Crippen molar-refractivity contribution < 1.29 is 9.53 Å². The smallest absolute Gasteiger partial charge is 0.333 e. The quantitative estimate of drug-likeness (QED) is 0.403. The summed E-state index contributed by atoms with van der Waals surface area (Å²) >= 11 is 0. The first-order valence-corrected chi connectivity index (χ1v) is 5.57. The summed E-state index contributed by atoms with van der Waals surface area (Å²) < 4.78 is 5.49. The largest absolute Gasteiger partial charge is 0.458 e. The van der Waals surface area contributed by atoms with Gasteiger partial charge in [-0.2, -0.15) is 0 Å². The van der Waals surface area contributed by atoms with E-state index in [1.807, 2.05) is 6.08 Å². The number of hydrogen-bond donors (Lipinski definition) is 0. The maximum Gasteiger partial charge on any atom is 0.333 e. The molecule has 0 aliphatic heterocycles. The monoisotopic (exact) mass is 206 g/mol. The molecule has 2 heteroatoms. The second kappa shape index (κ2) is 3.51. The molecular formula is C13H18O2. The minimum atomic E-state index is -0.256. The van der Waals surface area contributed by atoms with Crippen LogP contribution in [-0.4, -0.2) is 12.1 Å². The molecule has 3 atom stereocenters. The predicted octanol–water partition coefficient (Wildman–Crippen LogP) is 2.85. The molecular weight excluding hydrogens is 188 g/mol. The maximum atomic E-state index is 11.5. The Bertz CT molecular complexity index is 318. The lowest BCUT2D eigenvalue weighted by Gasteiger charge is -2.31. The van der Waals surface area contributed by atoms with Gasteiger partial charge < -0.3 is 4.74 Å². The van der Waals surface area contributed by atoms with Gasteiger partial charge in [0, 0.05) is 11.0 Å². The molecule has 0 spiro atoms. The van der Waals surface area contributed by atoms with E-state index in [9.17, 15) is 4.79 Å². The lowest BCUT2D eigenvalue weighted by molar-refractivity contribution is -0.148. The summed E-state index contributed by atoms with van der Waals surface area (Å²) in [5, 5.41) is 0. The first-order chi connectivity index (χ1) is 7.07. The molecule has 15 heavy (non-hydrogen) atoms. The third-order valence-corrected chi connectivity index (χ3v) is 3.88. The molecule has 0 radical (unpaired) electrons. The van der Waals surface area contributed by atoms with Gasteiger partial charge in [-0.05, 0) is 38.5 Å². The normalized spacial score (nSPS) is 37.7. The minimum absolute atomic E-state index is 0.0398. The van der Waals surface area contributed by atoms with Gasteiger partial charge in [0.05, 0.1) is 0 Å². The summed E-state index contributed by atoms with van der Waals surface area (Å²) in [5.41, 5.74) is 0.549. The molecule has 0 saturated heterocycles. The second-order valence-electron chi connectivity index (χ2n) is 4.96. The molecule has 0 aromatic heterocycles. The van der Waals surface area contributed by atoms with E-state index in [-0.39, 0.29) is 17.5 Å². The van der Waals surface area contributed by atoms with Crippen LogP contribution in [0.3, 0.4) is 0 Å². The number of carbonyl (C=O) groups is 1. The van der Waals surface area contributed by atoms with Crippen LogP contribution in [0.4, 0.5) is 0 Å². The number of ether oxygens (including phenoxy) is 1. The predicted molar refractivity (Wildman–Crippen MR) is 59.3 cm³/mol. The van der Waals surface area contributed by atoms with Gasteiger partial charge in [0.25, 0.3) is 0 Å². The Labute approximate surface area is 91.0 Å². The zero-order valence-electron chi connectivity index (χ0n) is 9.29. The minimum Gasteiger partial charge on any atom is -0.458 e. The molecule has 2 aliphatic carbocycles. The summed E-state index contributed by atoms with van der Waals surface area (Å²) in [4.78, 5) is 11.5. The van der Waals surface area contributed by atoms with Crippen LogP contribution in [0, 0.1) is 11.3 Å². The molecule has 0 aromatic rings. The molecule has 2 nitrogen and oxygen atoms in total. The van der Waals surface area contributed by atoms with Gasteiger partial charge in [0.2, 0.25) is 0 Å². The molecule has 82 valence electrons. The van der Waals surface area contributed by atoms with Crippen LogP contribution < -0.4 is 0 Å². The summed E-state index contributed by atoms with van der Waals surface area (Å²) in [6.07, 6.45) is 6.56. The van der Waals surface area contributed by atoms with Gasteiger partial charge >= 0.3 is 5.97 Å². The van der Waals surface area contributed by atoms with Crippen molar-refractivity contribution in [2.24, 2.45) is 11.3 Å². The van der Waals surface area contributed by atoms with Crippen molar-refractivity contribution in [3.63, 3.8) is 0 Å². The van der Waals surface area contributed by atoms with Crippen molar-refractivity contribution in [1.82, 2.24) is 0 Å². The summed E-state index contributed by atoms with van der Waals surface area (Å²) in [6, 6.07) is 0. The van der Waals surface area contributed by atoms with Crippen LogP contribution in [-0.2, 0) is 9.53 Å². The highest BCUT2D eigenvalue weighted by molar-refractivity contribution is 5.87. The fourth-order valence-electron chi connectivity index (χ4n) is 2.96. The third kappa shape index (κ3) is 1.62. The molecule has 2 rings (SSSR count). The topological polar surface area (TPSA) is 26.3 Å². The summed E-state index contributed by atoms with van der Waals surface area (Å²) in [5.74, 6) is 0.472. The van der Waals surface area contributed by atoms with Crippen molar-refractivity contribution in [2.45, 2.75) is 38.7 Å².